The number of rotatable bonds is 4. The van der Waals surface area contributed by atoms with Gasteiger partial charge in [0.05, 0.1) is 4.47 Å². The van der Waals surface area contributed by atoms with Gasteiger partial charge in [-0.3, -0.25) is 0 Å². The zero-order chi connectivity index (χ0) is 13.0. The van der Waals surface area contributed by atoms with E-state index in [9.17, 15) is 4.39 Å². The summed E-state index contributed by atoms with van der Waals surface area (Å²) in [5.74, 6) is 0.538. The Kier molecular flexibility index (Phi) is 5.15. The van der Waals surface area contributed by atoms with E-state index in [0.29, 0.717) is 4.47 Å². The minimum atomic E-state index is -0.188. The molecule has 1 fully saturated rings. The summed E-state index contributed by atoms with van der Waals surface area (Å²) in [6, 6.07) is 5.30. The lowest BCUT2D eigenvalue weighted by atomic mass is 9.98. The van der Waals surface area contributed by atoms with E-state index >= 15 is 0 Å². The van der Waals surface area contributed by atoms with Crippen LogP contribution >= 0.6 is 15.9 Å². The molecule has 1 aliphatic rings. The number of benzene rings is 1. The van der Waals surface area contributed by atoms with Crippen molar-refractivity contribution in [3.63, 3.8) is 0 Å². The van der Waals surface area contributed by atoms with E-state index in [1.165, 1.54) is 25.9 Å². The van der Waals surface area contributed by atoms with E-state index in [-0.39, 0.29) is 5.82 Å². The second kappa shape index (κ2) is 6.64. The Balaban J connectivity index is 1.76. The molecule has 0 aliphatic carbocycles. The van der Waals surface area contributed by atoms with Crippen LogP contribution in [0.2, 0.25) is 0 Å². The Labute approximate surface area is 117 Å². The Morgan fingerprint density at radius 1 is 1.50 bits per heavy atom. The quantitative estimate of drug-likeness (QED) is 0.919. The maximum atomic E-state index is 13.3. The molecule has 18 heavy (non-hydrogen) atoms. The van der Waals surface area contributed by atoms with Crippen LogP contribution in [0, 0.1) is 11.7 Å². The van der Waals surface area contributed by atoms with Crippen molar-refractivity contribution in [1.29, 1.82) is 0 Å². The standard InChI is InChI=1S/C14H20BrFN2/c1-18-6-2-3-12(10-18)9-17-8-11-4-5-13(15)14(16)7-11/h4-5,7,12,17H,2-3,6,8-10H2,1H3. The van der Waals surface area contributed by atoms with E-state index in [4.69, 9.17) is 0 Å². The lowest BCUT2D eigenvalue weighted by molar-refractivity contribution is 0.206. The van der Waals surface area contributed by atoms with Gasteiger partial charge in [-0.25, -0.2) is 4.39 Å². The van der Waals surface area contributed by atoms with Gasteiger partial charge in [0.25, 0.3) is 0 Å². The summed E-state index contributed by atoms with van der Waals surface area (Å²) >= 11 is 3.17. The van der Waals surface area contributed by atoms with Crippen LogP contribution in [0.25, 0.3) is 0 Å². The largest absolute Gasteiger partial charge is 0.312 e. The molecule has 1 aromatic carbocycles. The number of hydrogen-bond donors (Lipinski definition) is 1. The van der Waals surface area contributed by atoms with E-state index in [2.05, 4.69) is 33.2 Å². The summed E-state index contributed by atoms with van der Waals surface area (Å²) in [5.41, 5.74) is 1.000. The minimum absolute atomic E-state index is 0.188. The van der Waals surface area contributed by atoms with Crippen molar-refractivity contribution < 1.29 is 4.39 Å². The highest BCUT2D eigenvalue weighted by Crippen LogP contribution is 2.17. The Morgan fingerprint density at radius 3 is 3.06 bits per heavy atom. The zero-order valence-electron chi connectivity index (χ0n) is 10.8. The maximum absolute atomic E-state index is 13.3. The number of likely N-dealkylation sites (tertiary alicyclic amines) is 1. The van der Waals surface area contributed by atoms with Crippen LogP contribution in [0.1, 0.15) is 18.4 Å². The summed E-state index contributed by atoms with van der Waals surface area (Å²) in [7, 11) is 2.18. The van der Waals surface area contributed by atoms with Crippen molar-refractivity contribution >= 4 is 15.9 Å². The number of nitrogens with zero attached hydrogens (tertiary/aromatic N) is 1. The predicted molar refractivity (Wildman–Crippen MR) is 76.0 cm³/mol. The molecule has 1 aromatic rings. The van der Waals surface area contributed by atoms with Crippen molar-refractivity contribution in [2.24, 2.45) is 5.92 Å². The molecule has 1 atom stereocenters. The van der Waals surface area contributed by atoms with Gasteiger partial charge >= 0.3 is 0 Å². The molecule has 2 rings (SSSR count). The Hall–Kier alpha value is -0.450. The Morgan fingerprint density at radius 2 is 2.33 bits per heavy atom. The van der Waals surface area contributed by atoms with Crippen molar-refractivity contribution in [3.8, 4) is 0 Å². The van der Waals surface area contributed by atoms with Crippen LogP contribution in [0.4, 0.5) is 4.39 Å². The van der Waals surface area contributed by atoms with Crippen molar-refractivity contribution in [2.75, 3.05) is 26.7 Å². The van der Waals surface area contributed by atoms with Gasteiger partial charge in [-0.2, -0.15) is 0 Å². The number of piperidine rings is 1. The normalized spacial score (nSPS) is 21.2. The monoisotopic (exact) mass is 314 g/mol. The van der Waals surface area contributed by atoms with Gasteiger partial charge < -0.3 is 10.2 Å². The van der Waals surface area contributed by atoms with E-state index < -0.39 is 0 Å². The Bertz CT molecular complexity index is 397. The molecular weight excluding hydrogens is 295 g/mol. The summed E-state index contributed by atoms with van der Waals surface area (Å²) < 4.78 is 13.9. The fourth-order valence-electron chi connectivity index (χ4n) is 2.51. The second-order valence-corrected chi connectivity index (χ2v) is 6.00. The third kappa shape index (κ3) is 4.04. The highest BCUT2D eigenvalue weighted by Gasteiger charge is 2.16. The first-order valence-corrected chi connectivity index (χ1v) is 7.27. The molecule has 0 spiro atoms. The molecular formula is C14H20BrFN2. The van der Waals surface area contributed by atoms with Gasteiger partial charge in [-0.1, -0.05) is 6.07 Å². The van der Waals surface area contributed by atoms with E-state index in [1.54, 1.807) is 12.1 Å². The molecule has 100 valence electrons. The number of nitrogens with one attached hydrogen (secondary N) is 1. The van der Waals surface area contributed by atoms with E-state index in [1.807, 2.05) is 6.07 Å². The summed E-state index contributed by atoms with van der Waals surface area (Å²) in [6.45, 7) is 4.14. The fraction of sp³-hybridized carbons (Fsp3) is 0.571. The summed E-state index contributed by atoms with van der Waals surface area (Å²) in [4.78, 5) is 2.38. The van der Waals surface area contributed by atoms with Crippen molar-refractivity contribution in [3.05, 3.63) is 34.1 Å². The van der Waals surface area contributed by atoms with Crippen LogP contribution in [-0.2, 0) is 6.54 Å². The first kappa shape index (κ1) is 14.0. The summed E-state index contributed by atoms with van der Waals surface area (Å²) in [5, 5.41) is 3.43. The molecule has 1 N–H and O–H groups in total. The van der Waals surface area contributed by atoms with Gasteiger partial charge in [0.1, 0.15) is 5.82 Å². The highest BCUT2D eigenvalue weighted by atomic mass is 79.9. The van der Waals surface area contributed by atoms with Gasteiger partial charge in [-0.05, 0) is 72.5 Å². The third-order valence-corrected chi connectivity index (χ3v) is 4.11. The average Bonchev–Trinajstić information content (AvgIpc) is 2.34. The minimum Gasteiger partial charge on any atom is -0.312 e. The lowest BCUT2D eigenvalue weighted by Gasteiger charge is -2.29. The molecule has 0 aromatic heterocycles. The summed E-state index contributed by atoms with van der Waals surface area (Å²) in [6.07, 6.45) is 2.59. The van der Waals surface area contributed by atoms with Crippen LogP contribution in [-0.4, -0.2) is 31.6 Å². The van der Waals surface area contributed by atoms with Crippen LogP contribution in [0.3, 0.4) is 0 Å². The molecule has 4 heteroatoms. The number of hydrogen-bond acceptors (Lipinski definition) is 2. The third-order valence-electron chi connectivity index (χ3n) is 3.47. The fourth-order valence-corrected chi connectivity index (χ4v) is 2.76. The SMILES string of the molecule is CN1CCCC(CNCc2ccc(Br)c(F)c2)C1. The smallest absolute Gasteiger partial charge is 0.137 e. The van der Waals surface area contributed by atoms with Crippen molar-refractivity contribution in [1.82, 2.24) is 10.2 Å². The molecule has 1 heterocycles. The first-order chi connectivity index (χ1) is 8.65. The topological polar surface area (TPSA) is 15.3 Å². The molecule has 0 amide bonds. The lowest BCUT2D eigenvalue weighted by Crippen LogP contribution is -2.37. The molecule has 0 bridgehead atoms. The van der Waals surface area contributed by atoms with E-state index in [0.717, 1.165) is 24.6 Å². The van der Waals surface area contributed by atoms with Crippen LogP contribution in [0.15, 0.2) is 22.7 Å². The highest BCUT2D eigenvalue weighted by molar-refractivity contribution is 9.10. The zero-order valence-corrected chi connectivity index (χ0v) is 12.3. The number of halogens is 2. The van der Waals surface area contributed by atoms with Gasteiger partial charge in [-0.15, -0.1) is 0 Å². The van der Waals surface area contributed by atoms with Crippen molar-refractivity contribution in [2.45, 2.75) is 19.4 Å². The molecule has 0 radical (unpaired) electrons. The molecule has 2 nitrogen and oxygen atoms in total. The van der Waals surface area contributed by atoms with Crippen LogP contribution in [0.5, 0.6) is 0 Å². The predicted octanol–water partition coefficient (Wildman–Crippen LogP) is 3.02. The van der Waals surface area contributed by atoms with Crippen LogP contribution < -0.4 is 5.32 Å². The van der Waals surface area contributed by atoms with Gasteiger partial charge in [0, 0.05) is 13.1 Å². The van der Waals surface area contributed by atoms with Gasteiger partial charge in [0.15, 0.2) is 0 Å². The second-order valence-electron chi connectivity index (χ2n) is 5.15. The molecule has 1 unspecified atom stereocenters. The average molecular weight is 315 g/mol. The molecule has 1 aliphatic heterocycles. The first-order valence-electron chi connectivity index (χ1n) is 6.48. The maximum Gasteiger partial charge on any atom is 0.137 e. The molecule has 0 saturated carbocycles. The molecule has 1 saturated heterocycles. The van der Waals surface area contributed by atoms with Gasteiger partial charge in [0.2, 0.25) is 0 Å².